The lowest BCUT2D eigenvalue weighted by Crippen LogP contribution is -2.28. The Kier molecular flexibility index (Phi) is 6.09. The zero-order valence-electron chi connectivity index (χ0n) is 26.5. The molecule has 10 rings (SSSR count). The number of nitrogens with zero attached hydrogens (tertiary/aromatic N) is 1. The van der Waals surface area contributed by atoms with Crippen molar-refractivity contribution in [3.05, 3.63) is 198 Å². The van der Waals surface area contributed by atoms with E-state index in [-0.39, 0.29) is 0 Å². The van der Waals surface area contributed by atoms with Crippen LogP contribution in [0.25, 0.3) is 44.3 Å². The van der Waals surface area contributed by atoms with Gasteiger partial charge in [0.05, 0.1) is 10.9 Å². The minimum absolute atomic E-state index is 0.498. The van der Waals surface area contributed by atoms with Crippen molar-refractivity contribution in [1.29, 1.82) is 0 Å². The third-order valence-corrected chi connectivity index (χ3v) is 10.0. The average molecular weight is 628 g/mol. The Bertz CT molecular complexity index is 2510. The Morgan fingerprint density at radius 2 is 1.02 bits per heavy atom. The van der Waals surface area contributed by atoms with Crippen LogP contribution in [0.1, 0.15) is 22.3 Å². The average Bonchev–Trinajstić information content (AvgIpc) is 3.46. The normalized spacial score (nSPS) is 13.4. The van der Waals surface area contributed by atoms with E-state index in [0.29, 0.717) is 23.0 Å². The van der Waals surface area contributed by atoms with E-state index in [1.54, 1.807) is 0 Å². The second-order valence-corrected chi connectivity index (χ2v) is 12.7. The molecule has 0 saturated carbocycles. The van der Waals surface area contributed by atoms with Crippen LogP contribution in [0, 0.1) is 0 Å². The molecule has 8 aromatic rings. The van der Waals surface area contributed by atoms with Gasteiger partial charge in [0, 0.05) is 17.1 Å². The van der Waals surface area contributed by atoms with E-state index in [1.807, 2.05) is 18.3 Å². The van der Waals surface area contributed by atoms with Gasteiger partial charge >= 0.3 is 0 Å². The number of hydrogen-bond donors (Lipinski definition) is 0. The second kappa shape index (κ2) is 10.8. The molecule has 0 amide bonds. The maximum atomic E-state index is 6.70. The molecule has 0 atom stereocenters. The number of benzene rings is 7. The van der Waals surface area contributed by atoms with Crippen LogP contribution in [0.2, 0.25) is 0 Å². The Hall–Kier alpha value is -6.45. The van der Waals surface area contributed by atoms with Gasteiger partial charge in [0.25, 0.3) is 0 Å². The summed E-state index contributed by atoms with van der Waals surface area (Å²) in [6.07, 6.45) is 1.85. The SMILES string of the molecule is c1ccc(C2(c3ccccc3)c3ccccc3-c3cc4c(cc32)Oc2ccc(-c3cccc(-c5cccc6cccnc56)c3)cc2O4)cc1. The maximum absolute atomic E-state index is 6.70. The highest BCUT2D eigenvalue weighted by Crippen LogP contribution is 2.59. The van der Waals surface area contributed by atoms with Crippen molar-refractivity contribution in [3.63, 3.8) is 0 Å². The molecular formula is C46H29NO2. The van der Waals surface area contributed by atoms with Crippen molar-refractivity contribution >= 4 is 10.9 Å². The molecule has 3 heteroatoms. The van der Waals surface area contributed by atoms with Crippen LogP contribution in [-0.4, -0.2) is 4.98 Å². The summed E-state index contributed by atoms with van der Waals surface area (Å²) >= 11 is 0. The fourth-order valence-electron chi connectivity index (χ4n) is 7.90. The first kappa shape index (κ1) is 27.6. The molecule has 0 radical (unpaired) electrons. The van der Waals surface area contributed by atoms with E-state index in [1.165, 1.54) is 27.8 Å². The zero-order chi connectivity index (χ0) is 32.4. The van der Waals surface area contributed by atoms with Crippen LogP contribution in [0.3, 0.4) is 0 Å². The largest absolute Gasteiger partial charge is 0.450 e. The highest BCUT2D eigenvalue weighted by atomic mass is 16.6. The monoisotopic (exact) mass is 627 g/mol. The third kappa shape index (κ3) is 4.19. The third-order valence-electron chi connectivity index (χ3n) is 10.0. The van der Waals surface area contributed by atoms with Crippen molar-refractivity contribution in [1.82, 2.24) is 4.98 Å². The first-order chi connectivity index (χ1) is 24.3. The quantitative estimate of drug-likeness (QED) is 0.195. The second-order valence-electron chi connectivity index (χ2n) is 12.7. The van der Waals surface area contributed by atoms with Crippen molar-refractivity contribution in [2.75, 3.05) is 0 Å². The number of para-hydroxylation sites is 1. The van der Waals surface area contributed by atoms with Crippen molar-refractivity contribution in [3.8, 4) is 56.4 Å². The summed E-state index contributed by atoms with van der Waals surface area (Å²) in [6.45, 7) is 0. The van der Waals surface area contributed by atoms with Gasteiger partial charge < -0.3 is 9.47 Å². The van der Waals surface area contributed by atoms with Gasteiger partial charge in [-0.2, -0.15) is 0 Å². The van der Waals surface area contributed by atoms with E-state index in [9.17, 15) is 0 Å². The van der Waals surface area contributed by atoms with Crippen LogP contribution >= 0.6 is 0 Å². The predicted molar refractivity (Wildman–Crippen MR) is 197 cm³/mol. The standard InChI is InChI=1S/C46H29NO2/c1-3-16-34(17-4-1)46(35-18-5-2-6-19-35)39-22-8-7-20-37(39)38-28-43-44(29-40(38)46)48-41-24-23-32(27-42(41)49-43)31-13-9-14-33(26-31)36-21-10-12-30-15-11-25-47-45(30)36/h1-29H. The zero-order valence-corrected chi connectivity index (χ0v) is 26.5. The van der Waals surface area contributed by atoms with Gasteiger partial charge in [-0.1, -0.05) is 133 Å². The number of ether oxygens (including phenoxy) is 2. The van der Waals surface area contributed by atoms with Gasteiger partial charge in [-0.25, -0.2) is 0 Å². The number of aromatic nitrogens is 1. The van der Waals surface area contributed by atoms with Gasteiger partial charge in [0.1, 0.15) is 0 Å². The molecule has 1 aliphatic carbocycles. The molecule has 0 unspecified atom stereocenters. The van der Waals surface area contributed by atoms with Gasteiger partial charge in [-0.15, -0.1) is 0 Å². The molecule has 0 bridgehead atoms. The molecule has 1 aliphatic heterocycles. The summed E-state index contributed by atoms with van der Waals surface area (Å²) in [5.41, 5.74) is 12.1. The van der Waals surface area contributed by atoms with E-state index in [0.717, 1.165) is 38.7 Å². The molecule has 7 aromatic carbocycles. The summed E-state index contributed by atoms with van der Waals surface area (Å²) in [5.74, 6) is 2.83. The van der Waals surface area contributed by atoms with Crippen LogP contribution in [-0.2, 0) is 5.41 Å². The number of rotatable bonds is 4. The summed E-state index contributed by atoms with van der Waals surface area (Å²) in [5, 5.41) is 1.13. The molecule has 49 heavy (non-hydrogen) atoms. The summed E-state index contributed by atoms with van der Waals surface area (Å²) < 4.78 is 13.4. The van der Waals surface area contributed by atoms with E-state index >= 15 is 0 Å². The highest BCUT2D eigenvalue weighted by molar-refractivity contribution is 5.94. The van der Waals surface area contributed by atoms with Gasteiger partial charge in [-0.05, 0) is 86.5 Å². The summed E-state index contributed by atoms with van der Waals surface area (Å²) in [6, 6.07) is 59.9. The fraction of sp³-hybridized carbons (Fsp3) is 0.0217. The molecule has 0 saturated heterocycles. The molecule has 0 N–H and O–H groups in total. The molecule has 2 aliphatic rings. The topological polar surface area (TPSA) is 31.4 Å². The van der Waals surface area contributed by atoms with Crippen molar-refractivity contribution < 1.29 is 9.47 Å². The Labute approximate surface area is 284 Å². The van der Waals surface area contributed by atoms with Gasteiger partial charge in [0.2, 0.25) is 0 Å². The molecule has 3 nitrogen and oxygen atoms in total. The minimum Gasteiger partial charge on any atom is -0.450 e. The molecule has 0 fully saturated rings. The molecule has 1 aromatic heterocycles. The number of pyridine rings is 1. The smallest absolute Gasteiger partial charge is 0.170 e. The Morgan fingerprint density at radius 3 is 1.86 bits per heavy atom. The lowest BCUT2D eigenvalue weighted by Gasteiger charge is -2.34. The minimum atomic E-state index is -0.498. The van der Waals surface area contributed by atoms with Gasteiger partial charge in [0.15, 0.2) is 23.0 Å². The number of hydrogen-bond acceptors (Lipinski definition) is 3. The lowest BCUT2D eigenvalue weighted by atomic mass is 9.67. The Morgan fingerprint density at radius 1 is 0.388 bits per heavy atom. The fourth-order valence-corrected chi connectivity index (χ4v) is 7.90. The van der Waals surface area contributed by atoms with Crippen LogP contribution in [0.15, 0.2) is 176 Å². The molecule has 2 heterocycles. The predicted octanol–water partition coefficient (Wildman–Crippen LogP) is 11.8. The Balaban J connectivity index is 1.08. The van der Waals surface area contributed by atoms with Crippen molar-refractivity contribution in [2.45, 2.75) is 5.41 Å². The van der Waals surface area contributed by atoms with Crippen molar-refractivity contribution in [2.24, 2.45) is 0 Å². The number of fused-ring (bicyclic) bond motifs is 6. The van der Waals surface area contributed by atoms with Crippen LogP contribution in [0.5, 0.6) is 23.0 Å². The van der Waals surface area contributed by atoms with E-state index in [2.05, 4.69) is 163 Å². The highest BCUT2D eigenvalue weighted by Gasteiger charge is 2.47. The van der Waals surface area contributed by atoms with E-state index < -0.39 is 5.41 Å². The summed E-state index contributed by atoms with van der Waals surface area (Å²) in [7, 11) is 0. The first-order valence-electron chi connectivity index (χ1n) is 16.6. The molecular weight excluding hydrogens is 599 g/mol. The van der Waals surface area contributed by atoms with Crippen LogP contribution < -0.4 is 9.47 Å². The molecule has 230 valence electrons. The van der Waals surface area contributed by atoms with Gasteiger partial charge in [-0.3, -0.25) is 4.98 Å². The molecule has 0 spiro atoms. The van der Waals surface area contributed by atoms with E-state index in [4.69, 9.17) is 9.47 Å². The lowest BCUT2D eigenvalue weighted by molar-refractivity contribution is 0.359. The van der Waals surface area contributed by atoms with Crippen LogP contribution in [0.4, 0.5) is 0 Å². The summed E-state index contributed by atoms with van der Waals surface area (Å²) in [4.78, 5) is 4.68. The maximum Gasteiger partial charge on any atom is 0.170 e. The first-order valence-corrected chi connectivity index (χ1v) is 16.6.